The molecule has 1 amide bonds. The van der Waals surface area contributed by atoms with Crippen LogP contribution in [-0.2, 0) is 14.6 Å². The molecule has 1 heterocycles. The lowest BCUT2D eigenvalue weighted by Crippen LogP contribution is -2.57. The molecule has 0 unspecified atom stereocenters. The van der Waals surface area contributed by atoms with Crippen LogP contribution in [0.5, 0.6) is 11.5 Å². The molecule has 3 rings (SSSR count). The van der Waals surface area contributed by atoms with Gasteiger partial charge in [0.25, 0.3) is 5.91 Å². The number of halogens is 1. The van der Waals surface area contributed by atoms with E-state index >= 15 is 0 Å². The zero-order chi connectivity index (χ0) is 21.1. The number of hydroxylamine groups is 1. The molecule has 2 aromatic carbocycles. The maximum Gasteiger partial charge on any atom is 0.265 e. The van der Waals surface area contributed by atoms with Crippen LogP contribution in [-0.4, -0.2) is 42.3 Å². The molecular formula is C20H21ClN2O5S. The van der Waals surface area contributed by atoms with Crippen LogP contribution in [0.1, 0.15) is 12.8 Å². The van der Waals surface area contributed by atoms with Gasteiger partial charge in [-0.25, -0.2) is 13.9 Å². The Morgan fingerprint density at radius 2 is 1.62 bits per heavy atom. The fraction of sp³-hybridized carbons (Fsp3) is 0.250. The molecule has 0 aromatic heterocycles. The number of ether oxygens (including phenoxy) is 1. The van der Waals surface area contributed by atoms with Crippen molar-refractivity contribution in [3.63, 3.8) is 0 Å². The molecule has 29 heavy (non-hydrogen) atoms. The number of piperidine rings is 1. The van der Waals surface area contributed by atoms with Crippen molar-refractivity contribution in [2.75, 3.05) is 13.1 Å². The minimum atomic E-state index is -4.07. The second-order valence-corrected chi connectivity index (χ2v) is 9.38. The Balaban J connectivity index is 1.87. The number of benzene rings is 2. The van der Waals surface area contributed by atoms with Gasteiger partial charge < -0.3 is 9.64 Å². The van der Waals surface area contributed by atoms with E-state index in [0.717, 1.165) is 0 Å². The summed E-state index contributed by atoms with van der Waals surface area (Å²) in [7, 11) is -4.07. The average molecular weight is 437 g/mol. The highest BCUT2D eigenvalue weighted by Gasteiger charge is 2.52. The van der Waals surface area contributed by atoms with Crippen molar-refractivity contribution in [2.45, 2.75) is 22.5 Å². The minimum absolute atomic E-state index is 0.0170. The summed E-state index contributed by atoms with van der Waals surface area (Å²) in [5.41, 5.74) is 1.53. The molecule has 2 N–H and O–H groups in total. The second kappa shape index (κ2) is 8.44. The maximum atomic E-state index is 13.3. The van der Waals surface area contributed by atoms with Crippen molar-refractivity contribution >= 4 is 27.3 Å². The monoisotopic (exact) mass is 436 g/mol. The topological polar surface area (TPSA) is 95.9 Å². The lowest BCUT2D eigenvalue weighted by molar-refractivity contribution is -0.133. The Morgan fingerprint density at radius 3 is 2.10 bits per heavy atom. The van der Waals surface area contributed by atoms with E-state index in [2.05, 4.69) is 6.58 Å². The van der Waals surface area contributed by atoms with Crippen molar-refractivity contribution in [3.8, 4) is 11.5 Å². The van der Waals surface area contributed by atoms with E-state index in [4.69, 9.17) is 16.3 Å². The van der Waals surface area contributed by atoms with Crippen LogP contribution in [0.15, 0.2) is 66.2 Å². The summed E-state index contributed by atoms with van der Waals surface area (Å²) >= 11 is 5.85. The van der Waals surface area contributed by atoms with E-state index in [9.17, 15) is 18.4 Å². The molecular weight excluding hydrogens is 416 g/mol. The van der Waals surface area contributed by atoms with Gasteiger partial charge in [0.05, 0.1) is 4.90 Å². The van der Waals surface area contributed by atoms with Crippen molar-refractivity contribution in [3.05, 3.63) is 66.3 Å². The third-order valence-corrected chi connectivity index (χ3v) is 7.84. The van der Waals surface area contributed by atoms with E-state index < -0.39 is 20.5 Å². The number of carbonyl (C=O) groups excluding carboxylic acids is 1. The predicted octanol–water partition coefficient (Wildman–Crippen LogP) is 3.39. The molecule has 1 saturated heterocycles. The predicted molar refractivity (Wildman–Crippen MR) is 109 cm³/mol. The van der Waals surface area contributed by atoms with Crippen LogP contribution in [0.25, 0.3) is 0 Å². The van der Waals surface area contributed by atoms with Crippen LogP contribution in [0, 0.1) is 0 Å². The first kappa shape index (κ1) is 21.2. The van der Waals surface area contributed by atoms with Crippen molar-refractivity contribution in [1.29, 1.82) is 0 Å². The van der Waals surface area contributed by atoms with Crippen LogP contribution in [0.2, 0.25) is 5.02 Å². The molecule has 1 aliphatic heterocycles. The Bertz CT molecular complexity index is 983. The molecule has 0 bridgehead atoms. The molecule has 1 fully saturated rings. The fourth-order valence-electron chi connectivity index (χ4n) is 3.34. The standard InChI is InChI=1S/C20H21ClN2O5S/c1-2-23-13-11-20(12-14-23,19(24)22-25)29(26,27)18-9-7-17(8-10-18)28-16-5-3-15(21)4-6-16/h2-10,25H,1,11-14H2,(H,22,24). The zero-order valence-electron chi connectivity index (χ0n) is 15.5. The third-order valence-electron chi connectivity index (χ3n) is 5.08. The van der Waals surface area contributed by atoms with Crippen molar-refractivity contribution < 1.29 is 23.2 Å². The van der Waals surface area contributed by atoms with Gasteiger partial charge in [-0.2, -0.15) is 0 Å². The Kier molecular flexibility index (Phi) is 6.16. The number of rotatable bonds is 6. The lowest BCUT2D eigenvalue weighted by Gasteiger charge is -2.38. The first-order chi connectivity index (χ1) is 13.8. The summed E-state index contributed by atoms with van der Waals surface area (Å²) in [6.07, 6.45) is 1.68. The van der Waals surface area contributed by atoms with Crippen molar-refractivity contribution in [2.24, 2.45) is 0 Å². The molecule has 0 radical (unpaired) electrons. The quantitative estimate of drug-likeness (QED) is 0.532. The van der Waals surface area contributed by atoms with E-state index in [1.807, 2.05) is 4.90 Å². The van der Waals surface area contributed by atoms with Gasteiger partial charge in [-0.15, -0.1) is 0 Å². The van der Waals surface area contributed by atoms with Crippen LogP contribution in [0.3, 0.4) is 0 Å². The summed E-state index contributed by atoms with van der Waals surface area (Å²) in [5.74, 6) is 0.0639. The summed E-state index contributed by atoms with van der Waals surface area (Å²) in [6.45, 7) is 4.35. The molecule has 7 nitrogen and oxygen atoms in total. The fourth-order valence-corrected chi connectivity index (χ4v) is 5.42. The first-order valence-electron chi connectivity index (χ1n) is 8.92. The number of carbonyl (C=O) groups is 1. The largest absolute Gasteiger partial charge is 0.457 e. The molecule has 1 aliphatic rings. The van der Waals surface area contributed by atoms with Gasteiger partial charge in [-0.3, -0.25) is 10.0 Å². The number of amides is 1. The zero-order valence-corrected chi connectivity index (χ0v) is 17.1. The van der Waals surface area contributed by atoms with E-state index in [1.165, 1.54) is 29.7 Å². The van der Waals surface area contributed by atoms with Crippen LogP contribution in [0.4, 0.5) is 0 Å². The molecule has 0 spiro atoms. The SMILES string of the molecule is C=CN1CCC(C(=O)NO)(S(=O)(=O)c2ccc(Oc3ccc(Cl)cc3)cc2)CC1. The summed E-state index contributed by atoms with van der Waals surface area (Å²) in [6, 6.07) is 12.6. The highest BCUT2D eigenvalue weighted by Crippen LogP contribution is 2.37. The summed E-state index contributed by atoms with van der Waals surface area (Å²) in [4.78, 5) is 14.2. The number of nitrogens with one attached hydrogen (secondary N) is 1. The average Bonchev–Trinajstić information content (AvgIpc) is 2.75. The highest BCUT2D eigenvalue weighted by molar-refractivity contribution is 7.93. The van der Waals surface area contributed by atoms with Gasteiger partial charge in [-0.05, 0) is 67.6 Å². The molecule has 0 saturated carbocycles. The Morgan fingerprint density at radius 1 is 1.10 bits per heavy atom. The second-order valence-electron chi connectivity index (χ2n) is 6.68. The van der Waals surface area contributed by atoms with Gasteiger partial charge in [0.15, 0.2) is 14.6 Å². The van der Waals surface area contributed by atoms with Gasteiger partial charge in [0, 0.05) is 18.1 Å². The Labute approximate surface area is 174 Å². The molecule has 0 atom stereocenters. The van der Waals surface area contributed by atoms with Gasteiger partial charge in [0.1, 0.15) is 11.5 Å². The summed E-state index contributed by atoms with van der Waals surface area (Å²) < 4.78 is 30.6. The third kappa shape index (κ3) is 4.10. The lowest BCUT2D eigenvalue weighted by atomic mass is 9.95. The molecule has 154 valence electrons. The smallest absolute Gasteiger partial charge is 0.265 e. The number of hydrogen-bond donors (Lipinski definition) is 2. The van der Waals surface area contributed by atoms with Crippen LogP contribution >= 0.6 is 11.6 Å². The molecule has 2 aromatic rings. The van der Waals surface area contributed by atoms with E-state index in [0.29, 0.717) is 29.6 Å². The first-order valence-corrected chi connectivity index (χ1v) is 10.8. The highest BCUT2D eigenvalue weighted by atomic mass is 35.5. The Hall–Kier alpha value is -2.55. The van der Waals surface area contributed by atoms with E-state index in [1.54, 1.807) is 30.5 Å². The van der Waals surface area contributed by atoms with Gasteiger partial charge in [0.2, 0.25) is 0 Å². The number of hydrogen-bond acceptors (Lipinski definition) is 6. The summed E-state index contributed by atoms with van der Waals surface area (Å²) in [5, 5.41) is 9.76. The van der Waals surface area contributed by atoms with Crippen LogP contribution < -0.4 is 10.2 Å². The molecule has 9 heteroatoms. The molecule has 0 aliphatic carbocycles. The number of nitrogens with zero attached hydrogens (tertiary/aromatic N) is 1. The minimum Gasteiger partial charge on any atom is -0.457 e. The van der Waals surface area contributed by atoms with Gasteiger partial charge >= 0.3 is 0 Å². The van der Waals surface area contributed by atoms with Crippen molar-refractivity contribution in [1.82, 2.24) is 10.4 Å². The number of likely N-dealkylation sites (tertiary alicyclic amines) is 1. The van der Waals surface area contributed by atoms with E-state index in [-0.39, 0.29) is 17.7 Å². The van der Waals surface area contributed by atoms with Gasteiger partial charge in [-0.1, -0.05) is 18.2 Å². The normalized spacial score (nSPS) is 16.1. The maximum absolute atomic E-state index is 13.3. The number of sulfone groups is 1.